The third kappa shape index (κ3) is 4.56. The number of rotatable bonds is 8. The van der Waals surface area contributed by atoms with E-state index in [-0.39, 0.29) is 5.92 Å². The van der Waals surface area contributed by atoms with Crippen molar-refractivity contribution in [2.75, 3.05) is 35.5 Å². The van der Waals surface area contributed by atoms with Crippen molar-refractivity contribution in [3.63, 3.8) is 0 Å². The molecule has 0 saturated heterocycles. The van der Waals surface area contributed by atoms with Crippen LogP contribution in [0.1, 0.15) is 29.9 Å². The summed E-state index contributed by atoms with van der Waals surface area (Å²) in [5, 5.41) is 0. The van der Waals surface area contributed by atoms with E-state index >= 15 is 0 Å². The van der Waals surface area contributed by atoms with E-state index in [1.165, 1.54) is 5.56 Å². The number of allylic oxidation sites excluding steroid dienone is 3. The minimum Gasteiger partial charge on any atom is -0.496 e. The lowest BCUT2D eigenvalue weighted by Crippen LogP contribution is -2.12. The van der Waals surface area contributed by atoms with Gasteiger partial charge in [-0.3, -0.25) is 0 Å². The fourth-order valence-electron chi connectivity index (χ4n) is 3.90. The predicted octanol–water partition coefficient (Wildman–Crippen LogP) is 5.49. The lowest BCUT2D eigenvalue weighted by molar-refractivity contribution is 0.348. The highest BCUT2D eigenvalue weighted by Gasteiger charge is 2.22. The monoisotopic (exact) mass is 410 g/mol. The Morgan fingerprint density at radius 1 is 0.733 bits per heavy atom. The number of benzene rings is 2. The number of methoxy groups -OCH3 is 5. The molecule has 0 amide bonds. The van der Waals surface area contributed by atoms with Crippen LogP contribution in [0.4, 0.5) is 0 Å². The fraction of sp³-hybridized carbons (Fsp3) is 0.360. The van der Waals surface area contributed by atoms with Gasteiger partial charge in [0.15, 0.2) is 23.0 Å². The Hall–Kier alpha value is -3.08. The Balaban J connectivity index is 1.92. The highest BCUT2D eigenvalue weighted by Crippen LogP contribution is 2.40. The SMILES string of the molecule is COc1cc(OC)c(OC)cc1/C=C\C1CCC=CC1c1ccc(OC)c(OC)c1. The second-order valence-corrected chi connectivity index (χ2v) is 7.12. The molecule has 1 aliphatic carbocycles. The molecule has 0 spiro atoms. The van der Waals surface area contributed by atoms with E-state index < -0.39 is 0 Å². The first-order valence-electron chi connectivity index (χ1n) is 10.0. The molecule has 0 radical (unpaired) electrons. The van der Waals surface area contributed by atoms with Crippen LogP contribution >= 0.6 is 0 Å². The van der Waals surface area contributed by atoms with E-state index in [9.17, 15) is 0 Å². The molecule has 0 saturated carbocycles. The molecule has 2 atom stereocenters. The van der Waals surface area contributed by atoms with E-state index in [0.29, 0.717) is 17.4 Å². The summed E-state index contributed by atoms with van der Waals surface area (Å²) < 4.78 is 27.3. The Bertz CT molecular complexity index is 916. The first-order valence-corrected chi connectivity index (χ1v) is 10.0. The van der Waals surface area contributed by atoms with Crippen molar-refractivity contribution in [1.29, 1.82) is 0 Å². The van der Waals surface area contributed by atoms with Gasteiger partial charge in [-0.15, -0.1) is 0 Å². The maximum absolute atomic E-state index is 5.56. The molecular weight excluding hydrogens is 380 g/mol. The summed E-state index contributed by atoms with van der Waals surface area (Å²) in [7, 11) is 8.24. The summed E-state index contributed by atoms with van der Waals surface area (Å²) in [6.07, 6.45) is 11.0. The summed E-state index contributed by atoms with van der Waals surface area (Å²) in [6, 6.07) is 9.94. The average Bonchev–Trinajstić information content (AvgIpc) is 2.81. The molecule has 30 heavy (non-hydrogen) atoms. The molecule has 0 N–H and O–H groups in total. The second kappa shape index (κ2) is 10.1. The fourth-order valence-corrected chi connectivity index (χ4v) is 3.90. The van der Waals surface area contributed by atoms with Gasteiger partial charge in [-0.25, -0.2) is 0 Å². The minimum absolute atomic E-state index is 0.265. The maximum Gasteiger partial charge on any atom is 0.164 e. The van der Waals surface area contributed by atoms with Crippen LogP contribution in [0.15, 0.2) is 48.6 Å². The Labute approximate surface area is 178 Å². The zero-order chi connectivity index (χ0) is 21.5. The second-order valence-electron chi connectivity index (χ2n) is 7.12. The Kier molecular flexibility index (Phi) is 7.28. The van der Waals surface area contributed by atoms with Crippen LogP contribution in [0.5, 0.6) is 28.7 Å². The van der Waals surface area contributed by atoms with Crippen molar-refractivity contribution in [3.8, 4) is 28.7 Å². The van der Waals surface area contributed by atoms with E-state index in [4.69, 9.17) is 23.7 Å². The van der Waals surface area contributed by atoms with Crippen LogP contribution in [0.25, 0.3) is 6.08 Å². The molecule has 0 bridgehead atoms. The van der Waals surface area contributed by atoms with E-state index in [1.54, 1.807) is 35.5 Å². The zero-order valence-corrected chi connectivity index (χ0v) is 18.3. The molecule has 3 rings (SSSR count). The first kappa shape index (κ1) is 21.6. The third-order valence-corrected chi connectivity index (χ3v) is 5.52. The van der Waals surface area contributed by atoms with Gasteiger partial charge in [0.05, 0.1) is 35.5 Å². The molecule has 2 aromatic carbocycles. The third-order valence-electron chi connectivity index (χ3n) is 5.52. The van der Waals surface area contributed by atoms with Crippen LogP contribution in [-0.2, 0) is 0 Å². The largest absolute Gasteiger partial charge is 0.496 e. The normalized spacial score (nSPS) is 18.3. The summed E-state index contributed by atoms with van der Waals surface area (Å²) in [5.74, 6) is 4.18. The van der Waals surface area contributed by atoms with E-state index in [1.807, 2.05) is 18.2 Å². The number of hydrogen-bond acceptors (Lipinski definition) is 5. The van der Waals surface area contributed by atoms with Crippen molar-refractivity contribution in [2.24, 2.45) is 5.92 Å². The van der Waals surface area contributed by atoms with Gasteiger partial charge in [0.25, 0.3) is 0 Å². The minimum atomic E-state index is 0.265. The topological polar surface area (TPSA) is 46.2 Å². The highest BCUT2D eigenvalue weighted by molar-refractivity contribution is 5.64. The van der Waals surface area contributed by atoms with Crippen LogP contribution in [-0.4, -0.2) is 35.5 Å². The molecule has 0 fully saturated rings. The summed E-state index contributed by atoms with van der Waals surface area (Å²) >= 11 is 0. The van der Waals surface area contributed by atoms with Crippen LogP contribution in [0.2, 0.25) is 0 Å². The summed E-state index contributed by atoms with van der Waals surface area (Å²) in [5.41, 5.74) is 2.16. The van der Waals surface area contributed by atoms with Crippen molar-refractivity contribution in [3.05, 3.63) is 59.7 Å². The van der Waals surface area contributed by atoms with Gasteiger partial charge in [0, 0.05) is 17.5 Å². The van der Waals surface area contributed by atoms with Crippen molar-refractivity contribution < 1.29 is 23.7 Å². The molecule has 2 unspecified atom stereocenters. The predicted molar refractivity (Wildman–Crippen MR) is 119 cm³/mol. The average molecular weight is 411 g/mol. The smallest absolute Gasteiger partial charge is 0.164 e. The van der Waals surface area contributed by atoms with Crippen LogP contribution in [0, 0.1) is 5.92 Å². The van der Waals surface area contributed by atoms with Crippen molar-refractivity contribution in [2.45, 2.75) is 18.8 Å². The molecular formula is C25H30O5. The molecule has 160 valence electrons. The molecule has 2 aromatic rings. The molecule has 0 aliphatic heterocycles. The summed E-state index contributed by atoms with van der Waals surface area (Å²) in [4.78, 5) is 0. The number of hydrogen-bond donors (Lipinski definition) is 0. The Morgan fingerprint density at radius 3 is 2.03 bits per heavy atom. The molecule has 5 nitrogen and oxygen atoms in total. The first-order chi connectivity index (χ1) is 14.6. The molecule has 0 aromatic heterocycles. The van der Waals surface area contributed by atoms with Gasteiger partial charge in [0.1, 0.15) is 5.75 Å². The van der Waals surface area contributed by atoms with Crippen molar-refractivity contribution >= 4 is 6.08 Å². The van der Waals surface area contributed by atoms with Gasteiger partial charge in [-0.2, -0.15) is 0 Å². The lowest BCUT2D eigenvalue weighted by Gasteiger charge is -2.26. The number of ether oxygens (including phenoxy) is 5. The summed E-state index contributed by atoms with van der Waals surface area (Å²) in [6.45, 7) is 0. The van der Waals surface area contributed by atoms with Gasteiger partial charge in [-0.05, 0) is 42.5 Å². The van der Waals surface area contributed by atoms with Gasteiger partial charge in [0.2, 0.25) is 0 Å². The van der Waals surface area contributed by atoms with E-state index in [0.717, 1.165) is 35.7 Å². The Morgan fingerprint density at radius 2 is 1.37 bits per heavy atom. The molecule has 0 heterocycles. The van der Waals surface area contributed by atoms with Gasteiger partial charge >= 0.3 is 0 Å². The quantitative estimate of drug-likeness (QED) is 0.538. The van der Waals surface area contributed by atoms with Crippen LogP contribution in [0.3, 0.4) is 0 Å². The van der Waals surface area contributed by atoms with Crippen LogP contribution < -0.4 is 23.7 Å². The zero-order valence-electron chi connectivity index (χ0n) is 18.3. The maximum atomic E-state index is 5.56. The van der Waals surface area contributed by atoms with Gasteiger partial charge < -0.3 is 23.7 Å². The van der Waals surface area contributed by atoms with E-state index in [2.05, 4.69) is 36.4 Å². The highest BCUT2D eigenvalue weighted by atomic mass is 16.5. The molecule has 1 aliphatic rings. The lowest BCUT2D eigenvalue weighted by atomic mass is 9.79. The van der Waals surface area contributed by atoms with Crippen molar-refractivity contribution in [1.82, 2.24) is 0 Å². The van der Waals surface area contributed by atoms with Gasteiger partial charge in [-0.1, -0.05) is 30.4 Å². The molecule has 5 heteroatoms. The standard InChI is InChI=1S/C25H30O5/c1-26-21-13-12-18(14-23(21)28-3)20-9-7-6-8-17(20)10-11-19-15-24(29-4)25(30-5)16-22(19)27-2/h7,9-17,20H,6,8H2,1-5H3/b11-10-.